The highest BCUT2D eigenvalue weighted by molar-refractivity contribution is 7.98. The molecule has 19 heavy (non-hydrogen) atoms. The Morgan fingerprint density at radius 3 is 2.79 bits per heavy atom. The molecule has 1 aromatic carbocycles. The predicted molar refractivity (Wildman–Crippen MR) is 72.9 cm³/mol. The molecule has 1 fully saturated rings. The van der Waals surface area contributed by atoms with E-state index in [1.807, 2.05) is 30.5 Å². The maximum Gasteiger partial charge on any atom is 0.244 e. The molecule has 5 nitrogen and oxygen atoms in total. The van der Waals surface area contributed by atoms with E-state index >= 15 is 0 Å². The van der Waals surface area contributed by atoms with Gasteiger partial charge in [0.05, 0.1) is 12.1 Å². The van der Waals surface area contributed by atoms with Crippen molar-refractivity contribution in [2.24, 2.45) is 0 Å². The highest BCUT2D eigenvalue weighted by Crippen LogP contribution is 2.25. The molecule has 1 aromatic heterocycles. The second-order valence-corrected chi connectivity index (χ2v) is 5.41. The third-order valence-electron chi connectivity index (χ3n) is 3.20. The van der Waals surface area contributed by atoms with Crippen LogP contribution < -0.4 is 5.32 Å². The van der Waals surface area contributed by atoms with Gasteiger partial charge in [-0.15, -0.1) is 11.8 Å². The number of benzene rings is 1. The lowest BCUT2D eigenvalue weighted by molar-refractivity contribution is 0.191. The first kappa shape index (κ1) is 12.7. The van der Waals surface area contributed by atoms with Crippen molar-refractivity contribution in [1.82, 2.24) is 15.5 Å². The zero-order valence-corrected chi connectivity index (χ0v) is 11.4. The summed E-state index contributed by atoms with van der Waals surface area (Å²) in [5, 5.41) is 16.6. The van der Waals surface area contributed by atoms with Crippen molar-refractivity contribution in [3.63, 3.8) is 0 Å². The van der Waals surface area contributed by atoms with E-state index in [4.69, 9.17) is 4.52 Å². The van der Waals surface area contributed by atoms with Gasteiger partial charge in [-0.05, 0) is 36.9 Å². The molecule has 0 unspecified atom stereocenters. The second kappa shape index (κ2) is 5.32. The van der Waals surface area contributed by atoms with Gasteiger partial charge in [-0.1, -0.05) is 5.16 Å². The van der Waals surface area contributed by atoms with Crippen LogP contribution in [0.5, 0.6) is 0 Å². The van der Waals surface area contributed by atoms with Crippen LogP contribution in [0.3, 0.4) is 0 Å². The van der Waals surface area contributed by atoms with Crippen molar-refractivity contribution in [1.29, 1.82) is 0 Å². The summed E-state index contributed by atoms with van der Waals surface area (Å²) in [6.45, 7) is 0.574. The van der Waals surface area contributed by atoms with E-state index in [1.54, 1.807) is 11.8 Å². The van der Waals surface area contributed by atoms with E-state index in [0.29, 0.717) is 24.7 Å². The molecule has 1 aliphatic rings. The Morgan fingerprint density at radius 1 is 1.37 bits per heavy atom. The lowest BCUT2D eigenvalue weighted by atomic mass is 10.2. The first-order valence-electron chi connectivity index (χ1n) is 6.16. The average Bonchev–Trinajstić information content (AvgIpc) is 3.07. The molecule has 0 radical (unpaired) electrons. The summed E-state index contributed by atoms with van der Waals surface area (Å²) in [5.74, 6) is 1.13. The van der Waals surface area contributed by atoms with E-state index < -0.39 is 0 Å². The predicted octanol–water partition coefficient (Wildman–Crippen LogP) is 1.85. The second-order valence-electron chi connectivity index (χ2n) is 4.54. The fourth-order valence-electron chi connectivity index (χ4n) is 2.14. The third-order valence-corrected chi connectivity index (χ3v) is 3.94. The standard InChI is InChI=1S/C13H15N3O2S/c1-19-10-4-2-8(3-5-10)12-15-13(18-16-12)11-6-9(17)7-14-11/h2-5,9,11,14,17H,6-7H2,1H3/t9-,11+/m1/s1. The Morgan fingerprint density at radius 2 is 2.16 bits per heavy atom. The van der Waals surface area contributed by atoms with Gasteiger partial charge in [-0.25, -0.2) is 0 Å². The van der Waals surface area contributed by atoms with Crippen LogP contribution in [0.4, 0.5) is 0 Å². The topological polar surface area (TPSA) is 71.2 Å². The van der Waals surface area contributed by atoms with Gasteiger partial charge in [0.2, 0.25) is 11.7 Å². The van der Waals surface area contributed by atoms with Crippen molar-refractivity contribution >= 4 is 11.8 Å². The van der Waals surface area contributed by atoms with E-state index in [-0.39, 0.29) is 12.1 Å². The van der Waals surface area contributed by atoms with Crippen LogP contribution in [0.25, 0.3) is 11.4 Å². The summed E-state index contributed by atoms with van der Waals surface area (Å²) in [5.41, 5.74) is 0.936. The monoisotopic (exact) mass is 277 g/mol. The maximum atomic E-state index is 9.49. The first-order valence-corrected chi connectivity index (χ1v) is 7.38. The summed E-state index contributed by atoms with van der Waals surface area (Å²) in [4.78, 5) is 5.60. The number of hydrogen-bond donors (Lipinski definition) is 2. The number of rotatable bonds is 3. The minimum Gasteiger partial charge on any atom is -0.392 e. The molecular formula is C13H15N3O2S. The molecule has 0 spiro atoms. The van der Waals surface area contributed by atoms with E-state index in [0.717, 1.165) is 5.56 Å². The molecule has 2 atom stereocenters. The van der Waals surface area contributed by atoms with Crippen LogP contribution in [0.2, 0.25) is 0 Å². The Kier molecular flexibility index (Phi) is 3.54. The number of β-amino-alcohol motifs (C(OH)–C–C–N with tert-alkyl or cyclic N) is 1. The quantitative estimate of drug-likeness (QED) is 0.834. The molecule has 3 rings (SSSR count). The minimum atomic E-state index is -0.332. The molecular weight excluding hydrogens is 262 g/mol. The number of aliphatic hydroxyl groups excluding tert-OH is 1. The molecule has 2 heterocycles. The molecule has 0 amide bonds. The number of aromatic nitrogens is 2. The summed E-state index contributed by atoms with van der Waals surface area (Å²) in [6, 6.07) is 8.00. The minimum absolute atomic E-state index is 0.0401. The third kappa shape index (κ3) is 2.65. The van der Waals surface area contributed by atoms with Crippen LogP contribution in [-0.2, 0) is 0 Å². The van der Waals surface area contributed by atoms with E-state index in [2.05, 4.69) is 15.5 Å². The van der Waals surface area contributed by atoms with Crippen LogP contribution in [0, 0.1) is 0 Å². The van der Waals surface area contributed by atoms with Gasteiger partial charge in [0.1, 0.15) is 0 Å². The SMILES string of the molecule is CSc1ccc(-c2noc([C@@H]3C[C@@H](O)CN3)n2)cc1. The van der Waals surface area contributed by atoms with Crippen molar-refractivity contribution in [2.75, 3.05) is 12.8 Å². The van der Waals surface area contributed by atoms with Gasteiger partial charge >= 0.3 is 0 Å². The number of hydrogen-bond acceptors (Lipinski definition) is 6. The van der Waals surface area contributed by atoms with Crippen LogP contribution in [0.15, 0.2) is 33.7 Å². The van der Waals surface area contributed by atoms with E-state index in [9.17, 15) is 5.11 Å². The fourth-order valence-corrected chi connectivity index (χ4v) is 2.55. The first-order chi connectivity index (χ1) is 9.26. The Bertz CT molecular complexity index is 555. The molecule has 1 saturated heterocycles. The molecule has 1 aliphatic heterocycles. The van der Waals surface area contributed by atoms with Crippen molar-refractivity contribution in [3.05, 3.63) is 30.2 Å². The summed E-state index contributed by atoms with van der Waals surface area (Å²) >= 11 is 1.70. The molecule has 100 valence electrons. The lowest BCUT2D eigenvalue weighted by Crippen LogP contribution is -2.15. The molecule has 0 saturated carbocycles. The fraction of sp³-hybridized carbons (Fsp3) is 0.385. The number of nitrogens with zero attached hydrogens (tertiary/aromatic N) is 2. The summed E-state index contributed by atoms with van der Waals surface area (Å²) in [7, 11) is 0. The lowest BCUT2D eigenvalue weighted by Gasteiger charge is -2.01. The maximum absolute atomic E-state index is 9.49. The molecule has 0 aliphatic carbocycles. The van der Waals surface area contributed by atoms with Crippen LogP contribution >= 0.6 is 11.8 Å². The van der Waals surface area contributed by atoms with E-state index in [1.165, 1.54) is 4.90 Å². The van der Waals surface area contributed by atoms with Crippen LogP contribution in [-0.4, -0.2) is 34.2 Å². The number of nitrogens with one attached hydrogen (secondary N) is 1. The molecule has 0 bridgehead atoms. The smallest absolute Gasteiger partial charge is 0.244 e. The highest BCUT2D eigenvalue weighted by Gasteiger charge is 2.28. The Hall–Kier alpha value is -1.37. The zero-order valence-electron chi connectivity index (χ0n) is 10.5. The van der Waals surface area contributed by atoms with Gasteiger partial charge < -0.3 is 14.9 Å². The highest BCUT2D eigenvalue weighted by atomic mass is 32.2. The number of aliphatic hydroxyl groups is 1. The average molecular weight is 277 g/mol. The van der Waals surface area contributed by atoms with Crippen molar-refractivity contribution < 1.29 is 9.63 Å². The zero-order chi connectivity index (χ0) is 13.2. The largest absolute Gasteiger partial charge is 0.392 e. The summed E-state index contributed by atoms with van der Waals surface area (Å²) < 4.78 is 5.27. The molecule has 6 heteroatoms. The van der Waals surface area contributed by atoms with Crippen LogP contribution in [0.1, 0.15) is 18.4 Å². The van der Waals surface area contributed by atoms with Gasteiger partial charge in [-0.2, -0.15) is 4.98 Å². The Balaban J connectivity index is 1.80. The summed E-state index contributed by atoms with van der Waals surface area (Å²) in [6.07, 6.45) is 2.33. The Labute approximate surface area is 115 Å². The van der Waals surface area contributed by atoms with Gasteiger partial charge in [0, 0.05) is 17.0 Å². The van der Waals surface area contributed by atoms with Crippen molar-refractivity contribution in [3.8, 4) is 11.4 Å². The van der Waals surface area contributed by atoms with Gasteiger partial charge in [0.25, 0.3) is 0 Å². The normalized spacial score (nSPS) is 22.8. The number of thioether (sulfide) groups is 1. The van der Waals surface area contributed by atoms with Gasteiger partial charge in [0.15, 0.2) is 0 Å². The molecule has 2 N–H and O–H groups in total. The van der Waals surface area contributed by atoms with Gasteiger partial charge in [-0.3, -0.25) is 0 Å². The molecule has 2 aromatic rings. The van der Waals surface area contributed by atoms with Crippen molar-refractivity contribution in [2.45, 2.75) is 23.5 Å².